The van der Waals surface area contributed by atoms with E-state index in [1.165, 1.54) is 17.2 Å². The van der Waals surface area contributed by atoms with E-state index in [9.17, 15) is 25.5 Å². The quantitative estimate of drug-likeness (QED) is 0.326. The lowest BCUT2D eigenvalue weighted by molar-refractivity contribution is -0.167. The van der Waals surface area contributed by atoms with Gasteiger partial charge < -0.3 is 36.0 Å². The van der Waals surface area contributed by atoms with Crippen molar-refractivity contribution in [3.8, 4) is 0 Å². The molecular weight excluding hydrogens is 322 g/mol. The highest BCUT2D eigenvalue weighted by molar-refractivity contribution is 5.81. The van der Waals surface area contributed by atoms with Gasteiger partial charge in [-0.1, -0.05) is 0 Å². The van der Waals surface area contributed by atoms with Crippen LogP contribution in [0, 0.1) is 0 Å². The van der Waals surface area contributed by atoms with E-state index in [-0.39, 0.29) is 23.4 Å². The van der Waals surface area contributed by atoms with Gasteiger partial charge in [-0.25, -0.2) is 15.0 Å². The number of nitrogens with zero attached hydrogens (tertiary/aromatic N) is 4. The standard InChI is InChI=1S/C13H19N5O6/c14-11-8-12(16-4-15-11)18(5-17-8)13(1-6(21)2-19)10(23)9(22)7(3-20)24-13/h4-7,9-10,19-23H,1-3H2,(H2,14,15,16)/t6?,7-,9-,10-,13-/m1/s1. The third kappa shape index (κ3) is 2.42. The van der Waals surface area contributed by atoms with Gasteiger partial charge in [-0.2, -0.15) is 0 Å². The molecule has 0 aromatic carbocycles. The maximum Gasteiger partial charge on any atom is 0.179 e. The summed E-state index contributed by atoms with van der Waals surface area (Å²) in [5, 5.41) is 49.1. The highest BCUT2D eigenvalue weighted by atomic mass is 16.6. The Morgan fingerprint density at radius 3 is 2.67 bits per heavy atom. The number of aromatic nitrogens is 4. The number of aliphatic hydroxyl groups is 5. The van der Waals surface area contributed by atoms with Crippen LogP contribution in [0.2, 0.25) is 0 Å². The van der Waals surface area contributed by atoms with Crippen LogP contribution in [0.3, 0.4) is 0 Å². The molecule has 7 N–H and O–H groups in total. The first-order chi connectivity index (χ1) is 11.4. The van der Waals surface area contributed by atoms with Crippen molar-refractivity contribution in [1.29, 1.82) is 0 Å². The van der Waals surface area contributed by atoms with Crippen LogP contribution >= 0.6 is 0 Å². The molecule has 0 spiro atoms. The summed E-state index contributed by atoms with van der Waals surface area (Å²) in [6.45, 7) is -1.12. The summed E-state index contributed by atoms with van der Waals surface area (Å²) in [7, 11) is 0. The lowest BCUT2D eigenvalue weighted by Gasteiger charge is -2.35. The molecule has 0 bridgehead atoms. The molecule has 2 aromatic rings. The number of ether oxygens (including phenoxy) is 1. The third-order valence-electron chi connectivity index (χ3n) is 4.21. The molecule has 24 heavy (non-hydrogen) atoms. The predicted octanol–water partition coefficient (Wildman–Crippen LogP) is -3.08. The van der Waals surface area contributed by atoms with E-state index in [0.29, 0.717) is 0 Å². The van der Waals surface area contributed by atoms with Crippen molar-refractivity contribution in [1.82, 2.24) is 19.5 Å². The molecule has 5 atom stereocenters. The Hall–Kier alpha value is -1.89. The second-order valence-electron chi connectivity index (χ2n) is 5.71. The highest BCUT2D eigenvalue weighted by Gasteiger charge is 2.56. The van der Waals surface area contributed by atoms with Crippen LogP contribution in [-0.2, 0) is 10.5 Å². The second kappa shape index (κ2) is 6.20. The largest absolute Gasteiger partial charge is 0.394 e. The lowest BCUT2D eigenvalue weighted by Crippen LogP contribution is -2.48. The Kier molecular flexibility index (Phi) is 4.38. The number of fused-ring (bicyclic) bond motifs is 1. The van der Waals surface area contributed by atoms with E-state index in [4.69, 9.17) is 10.5 Å². The van der Waals surface area contributed by atoms with Crippen LogP contribution in [0.15, 0.2) is 12.7 Å². The molecule has 0 amide bonds. The topological polar surface area (TPSA) is 180 Å². The molecule has 0 radical (unpaired) electrons. The van der Waals surface area contributed by atoms with Gasteiger partial charge >= 0.3 is 0 Å². The van der Waals surface area contributed by atoms with Crippen molar-refractivity contribution < 1.29 is 30.3 Å². The van der Waals surface area contributed by atoms with Crippen molar-refractivity contribution >= 4 is 17.0 Å². The Bertz CT molecular complexity index is 722. The summed E-state index contributed by atoms with van der Waals surface area (Å²) >= 11 is 0. The molecular formula is C13H19N5O6. The summed E-state index contributed by atoms with van der Waals surface area (Å²) in [5.41, 5.74) is 4.53. The number of anilines is 1. The number of rotatable bonds is 5. The molecule has 3 heterocycles. The summed E-state index contributed by atoms with van der Waals surface area (Å²) in [4.78, 5) is 12.0. The zero-order valence-corrected chi connectivity index (χ0v) is 12.6. The average molecular weight is 341 g/mol. The minimum Gasteiger partial charge on any atom is -0.394 e. The Labute approximate surface area is 136 Å². The highest BCUT2D eigenvalue weighted by Crippen LogP contribution is 2.41. The smallest absolute Gasteiger partial charge is 0.179 e. The molecule has 1 aliphatic rings. The van der Waals surface area contributed by atoms with Crippen LogP contribution in [-0.4, -0.2) is 82.7 Å². The molecule has 11 heteroatoms. The third-order valence-corrected chi connectivity index (χ3v) is 4.21. The van der Waals surface area contributed by atoms with E-state index in [1.54, 1.807) is 0 Å². The first kappa shape index (κ1) is 17.0. The van der Waals surface area contributed by atoms with Crippen LogP contribution in [0.5, 0.6) is 0 Å². The predicted molar refractivity (Wildman–Crippen MR) is 79.4 cm³/mol. The molecule has 3 rings (SSSR count). The zero-order chi connectivity index (χ0) is 17.5. The van der Waals surface area contributed by atoms with Crippen molar-refractivity contribution in [3.63, 3.8) is 0 Å². The van der Waals surface area contributed by atoms with E-state index in [2.05, 4.69) is 15.0 Å². The fourth-order valence-electron chi connectivity index (χ4n) is 3.02. The van der Waals surface area contributed by atoms with Crippen molar-refractivity contribution in [2.24, 2.45) is 0 Å². The van der Waals surface area contributed by atoms with Gasteiger partial charge in [0.25, 0.3) is 0 Å². The van der Waals surface area contributed by atoms with E-state index in [0.717, 1.165) is 0 Å². The molecule has 1 fully saturated rings. The van der Waals surface area contributed by atoms with Crippen molar-refractivity contribution in [2.75, 3.05) is 18.9 Å². The molecule has 0 saturated carbocycles. The van der Waals surface area contributed by atoms with Gasteiger partial charge in [0.1, 0.15) is 30.2 Å². The van der Waals surface area contributed by atoms with Crippen LogP contribution in [0.1, 0.15) is 6.42 Å². The fraction of sp³-hybridized carbons (Fsp3) is 0.615. The van der Waals surface area contributed by atoms with E-state index < -0.39 is 43.4 Å². The summed E-state index contributed by atoms with van der Waals surface area (Å²) < 4.78 is 7.01. The van der Waals surface area contributed by atoms with E-state index >= 15 is 0 Å². The number of imidazole rings is 1. The zero-order valence-electron chi connectivity index (χ0n) is 12.6. The van der Waals surface area contributed by atoms with Gasteiger partial charge in [0.2, 0.25) is 0 Å². The van der Waals surface area contributed by atoms with Gasteiger partial charge in [0.05, 0.1) is 25.6 Å². The maximum atomic E-state index is 10.6. The lowest BCUT2D eigenvalue weighted by atomic mass is 9.96. The van der Waals surface area contributed by atoms with Crippen LogP contribution in [0.4, 0.5) is 5.82 Å². The molecule has 1 aliphatic heterocycles. The molecule has 1 saturated heterocycles. The average Bonchev–Trinajstić information content (AvgIpc) is 3.11. The van der Waals surface area contributed by atoms with Crippen LogP contribution < -0.4 is 5.73 Å². The summed E-state index contributed by atoms with van der Waals surface area (Å²) in [6.07, 6.45) is -3.03. The second-order valence-corrected chi connectivity index (χ2v) is 5.71. The summed E-state index contributed by atoms with van der Waals surface area (Å²) in [5.74, 6) is 0.114. The minimum atomic E-state index is -1.69. The SMILES string of the molecule is Nc1ncnc2c1ncn2[C@]1(CC(O)CO)O[C@H](CO)[C@@H](O)[C@H]1O. The van der Waals surface area contributed by atoms with Crippen LogP contribution in [0.25, 0.3) is 11.2 Å². The van der Waals surface area contributed by atoms with Gasteiger partial charge in [-0.15, -0.1) is 0 Å². The Morgan fingerprint density at radius 2 is 2.04 bits per heavy atom. The Morgan fingerprint density at radius 1 is 1.29 bits per heavy atom. The number of hydrogen-bond acceptors (Lipinski definition) is 10. The van der Waals surface area contributed by atoms with Gasteiger partial charge in [0, 0.05) is 6.42 Å². The Balaban J connectivity index is 2.16. The number of hydrogen-bond donors (Lipinski definition) is 6. The molecule has 1 unspecified atom stereocenters. The monoisotopic (exact) mass is 341 g/mol. The van der Waals surface area contributed by atoms with Crippen molar-refractivity contribution in [2.45, 2.75) is 36.6 Å². The summed E-state index contributed by atoms with van der Waals surface area (Å²) in [6, 6.07) is 0. The fourth-order valence-corrected chi connectivity index (χ4v) is 3.02. The molecule has 2 aromatic heterocycles. The van der Waals surface area contributed by atoms with E-state index in [1.807, 2.05) is 0 Å². The number of nitrogens with two attached hydrogens (primary N) is 1. The number of aliphatic hydroxyl groups excluding tert-OH is 5. The maximum absolute atomic E-state index is 10.6. The molecule has 132 valence electrons. The van der Waals surface area contributed by atoms with Gasteiger partial charge in [-0.3, -0.25) is 4.57 Å². The van der Waals surface area contributed by atoms with Crippen molar-refractivity contribution in [3.05, 3.63) is 12.7 Å². The minimum absolute atomic E-state index is 0.114. The van der Waals surface area contributed by atoms with Gasteiger partial charge in [0.15, 0.2) is 17.2 Å². The van der Waals surface area contributed by atoms with Gasteiger partial charge in [-0.05, 0) is 0 Å². The normalized spacial score (nSPS) is 31.6. The molecule has 11 nitrogen and oxygen atoms in total. The first-order valence-corrected chi connectivity index (χ1v) is 7.32. The molecule has 0 aliphatic carbocycles. The first-order valence-electron chi connectivity index (χ1n) is 7.32. The number of nitrogen functional groups attached to an aromatic ring is 1.